The van der Waals surface area contributed by atoms with Gasteiger partial charge in [-0.3, -0.25) is 0 Å². The third-order valence-corrected chi connectivity index (χ3v) is 6.81. The normalized spacial score (nSPS) is 11.4. The lowest BCUT2D eigenvalue weighted by molar-refractivity contribution is -0.347. The van der Waals surface area contributed by atoms with Crippen LogP contribution in [0.15, 0.2) is 88.8 Å². The van der Waals surface area contributed by atoms with Gasteiger partial charge in [-0.25, -0.2) is 13.4 Å². The Bertz CT molecular complexity index is 1290. The number of methoxy groups -OCH3 is 1. The summed E-state index contributed by atoms with van der Waals surface area (Å²) in [5, 5.41) is 4.21. The second kappa shape index (κ2) is 8.16. The van der Waals surface area contributed by atoms with E-state index in [-0.39, 0.29) is 9.79 Å². The average Bonchev–Trinajstić information content (AvgIpc) is 2.78. The molecule has 0 fully saturated rings. The first-order chi connectivity index (χ1) is 14.5. The lowest BCUT2D eigenvalue weighted by Crippen LogP contribution is -2.15. The third kappa shape index (κ3) is 3.86. The molecule has 4 aromatic rings. The molecular formula is C24H23N2O3S+. The van der Waals surface area contributed by atoms with Crippen LogP contribution in [0.5, 0.6) is 5.75 Å². The van der Waals surface area contributed by atoms with Crippen molar-refractivity contribution in [2.45, 2.75) is 23.3 Å². The molecule has 30 heavy (non-hydrogen) atoms. The highest BCUT2D eigenvalue weighted by Gasteiger charge is 2.26. The first kappa shape index (κ1) is 19.9. The molecule has 2 N–H and O–H groups in total. The number of aromatic amines is 1. The van der Waals surface area contributed by atoms with Crippen molar-refractivity contribution in [3.05, 3.63) is 90.1 Å². The van der Waals surface area contributed by atoms with Gasteiger partial charge in [0, 0.05) is 12.6 Å². The van der Waals surface area contributed by atoms with Crippen LogP contribution in [0.4, 0.5) is 5.69 Å². The molecule has 1 aromatic heterocycles. The highest BCUT2D eigenvalue weighted by molar-refractivity contribution is 7.91. The molecule has 0 aliphatic heterocycles. The van der Waals surface area contributed by atoms with Gasteiger partial charge in [0.2, 0.25) is 15.4 Å². The quantitative estimate of drug-likeness (QED) is 0.502. The fourth-order valence-corrected chi connectivity index (χ4v) is 4.83. The minimum absolute atomic E-state index is 0.223. The number of H-pyrrole nitrogens is 1. The van der Waals surface area contributed by atoms with E-state index in [4.69, 9.17) is 4.74 Å². The van der Waals surface area contributed by atoms with E-state index in [0.29, 0.717) is 12.2 Å². The summed E-state index contributed by atoms with van der Waals surface area (Å²) in [4.78, 5) is 3.62. The Morgan fingerprint density at radius 2 is 1.70 bits per heavy atom. The molecule has 0 bridgehead atoms. The van der Waals surface area contributed by atoms with Crippen molar-refractivity contribution in [1.82, 2.24) is 0 Å². The molecule has 4 rings (SSSR count). The highest BCUT2D eigenvalue weighted by Crippen LogP contribution is 2.32. The first-order valence-electron chi connectivity index (χ1n) is 9.61. The number of nitrogens with one attached hydrogen (secondary N) is 2. The molecule has 152 valence electrons. The number of benzene rings is 3. The zero-order chi connectivity index (χ0) is 21.1. The van der Waals surface area contributed by atoms with Crippen molar-refractivity contribution in [2.75, 3.05) is 12.4 Å². The van der Waals surface area contributed by atoms with Gasteiger partial charge in [-0.1, -0.05) is 36.4 Å². The molecule has 0 radical (unpaired) electrons. The molecule has 1 heterocycles. The largest absolute Gasteiger partial charge is 0.497 e. The van der Waals surface area contributed by atoms with Crippen molar-refractivity contribution >= 4 is 26.4 Å². The molecule has 0 unspecified atom stereocenters. The van der Waals surface area contributed by atoms with Crippen LogP contribution < -0.4 is 15.0 Å². The van der Waals surface area contributed by atoms with Gasteiger partial charge in [0.15, 0.2) is 11.1 Å². The number of sulfone groups is 1. The zero-order valence-corrected chi connectivity index (χ0v) is 17.7. The van der Waals surface area contributed by atoms with Crippen LogP contribution in [0.1, 0.15) is 11.1 Å². The monoisotopic (exact) mass is 419 g/mol. The molecule has 0 saturated heterocycles. The number of hydrogen-bond acceptors (Lipinski definition) is 4. The summed E-state index contributed by atoms with van der Waals surface area (Å²) in [5.74, 6) is 0.779. The molecule has 0 atom stereocenters. The van der Waals surface area contributed by atoms with Gasteiger partial charge < -0.3 is 10.1 Å². The van der Waals surface area contributed by atoms with Crippen molar-refractivity contribution < 1.29 is 18.1 Å². The van der Waals surface area contributed by atoms with Crippen LogP contribution in [-0.2, 0) is 16.4 Å². The van der Waals surface area contributed by atoms with E-state index in [1.807, 2.05) is 49.4 Å². The molecule has 0 aliphatic rings. The minimum Gasteiger partial charge on any atom is -0.497 e. The van der Waals surface area contributed by atoms with Gasteiger partial charge in [0.1, 0.15) is 5.75 Å². The van der Waals surface area contributed by atoms with E-state index >= 15 is 0 Å². The van der Waals surface area contributed by atoms with Crippen LogP contribution >= 0.6 is 0 Å². The smallest absolute Gasteiger partial charge is 0.214 e. The second-order valence-electron chi connectivity index (χ2n) is 7.10. The number of anilines is 1. The molecule has 5 nitrogen and oxygen atoms in total. The number of rotatable bonds is 6. The maximum Gasteiger partial charge on any atom is 0.214 e. The Balaban J connectivity index is 1.82. The maximum atomic E-state index is 13.4. The van der Waals surface area contributed by atoms with Crippen molar-refractivity contribution in [2.24, 2.45) is 0 Å². The Morgan fingerprint density at radius 1 is 0.967 bits per heavy atom. The van der Waals surface area contributed by atoms with E-state index in [2.05, 4.69) is 10.3 Å². The summed E-state index contributed by atoms with van der Waals surface area (Å²) < 4.78 is 32.0. The summed E-state index contributed by atoms with van der Waals surface area (Å²) in [6.07, 6.45) is 1.57. The SMILES string of the molecule is COc1ccc(CNc2c(S(=O)(=O)c3ccccc3)c[nH+]c3ccc(C)cc23)cc1. The van der Waals surface area contributed by atoms with Gasteiger partial charge >= 0.3 is 0 Å². The van der Waals surface area contributed by atoms with Gasteiger partial charge in [0.05, 0.1) is 23.1 Å². The van der Waals surface area contributed by atoms with E-state index in [1.165, 1.54) is 0 Å². The third-order valence-electron chi connectivity index (χ3n) is 5.02. The second-order valence-corrected chi connectivity index (χ2v) is 9.01. The molecular weight excluding hydrogens is 396 g/mol. The Labute approximate surface area is 176 Å². The summed E-state index contributed by atoms with van der Waals surface area (Å²) in [5.41, 5.74) is 3.53. The predicted octanol–water partition coefficient (Wildman–Crippen LogP) is 4.42. The van der Waals surface area contributed by atoms with Crippen LogP contribution in [0.25, 0.3) is 10.9 Å². The van der Waals surface area contributed by atoms with E-state index in [1.54, 1.807) is 43.6 Å². The van der Waals surface area contributed by atoms with Gasteiger partial charge in [0.25, 0.3) is 0 Å². The Kier molecular flexibility index (Phi) is 5.42. The zero-order valence-electron chi connectivity index (χ0n) is 16.8. The van der Waals surface area contributed by atoms with Crippen LogP contribution in [-0.4, -0.2) is 15.5 Å². The fourth-order valence-electron chi connectivity index (χ4n) is 3.39. The van der Waals surface area contributed by atoms with Gasteiger partial charge in [-0.2, -0.15) is 0 Å². The van der Waals surface area contributed by atoms with E-state index in [0.717, 1.165) is 27.8 Å². The summed E-state index contributed by atoms with van der Waals surface area (Å²) in [7, 11) is -2.07. The average molecular weight is 420 g/mol. The number of fused-ring (bicyclic) bond motifs is 1. The van der Waals surface area contributed by atoms with Crippen molar-refractivity contribution in [1.29, 1.82) is 0 Å². The van der Waals surface area contributed by atoms with Gasteiger partial charge in [-0.15, -0.1) is 0 Å². The van der Waals surface area contributed by atoms with Gasteiger partial charge in [-0.05, 0) is 48.4 Å². The van der Waals surface area contributed by atoms with Crippen LogP contribution in [0.2, 0.25) is 0 Å². The molecule has 0 amide bonds. The van der Waals surface area contributed by atoms with Crippen molar-refractivity contribution in [3.63, 3.8) is 0 Å². The molecule has 3 aromatic carbocycles. The highest BCUT2D eigenvalue weighted by atomic mass is 32.2. The lowest BCUT2D eigenvalue weighted by atomic mass is 10.1. The number of pyridine rings is 1. The first-order valence-corrected chi connectivity index (χ1v) is 11.1. The van der Waals surface area contributed by atoms with Crippen molar-refractivity contribution in [3.8, 4) is 5.75 Å². The maximum absolute atomic E-state index is 13.4. The fraction of sp³-hybridized carbons (Fsp3) is 0.125. The minimum atomic E-state index is -3.70. The molecule has 0 spiro atoms. The number of hydrogen-bond donors (Lipinski definition) is 1. The Morgan fingerprint density at radius 3 is 2.40 bits per heavy atom. The molecule has 0 aliphatic carbocycles. The van der Waals surface area contributed by atoms with E-state index < -0.39 is 9.84 Å². The molecule has 6 heteroatoms. The Hall–Kier alpha value is -3.38. The van der Waals surface area contributed by atoms with Crippen LogP contribution in [0.3, 0.4) is 0 Å². The topological polar surface area (TPSA) is 69.5 Å². The molecule has 0 saturated carbocycles. The predicted molar refractivity (Wildman–Crippen MR) is 117 cm³/mol. The summed E-state index contributed by atoms with van der Waals surface area (Å²) in [6, 6.07) is 22.1. The number of ether oxygens (including phenoxy) is 1. The van der Waals surface area contributed by atoms with Crippen LogP contribution in [0, 0.1) is 6.92 Å². The lowest BCUT2D eigenvalue weighted by Gasteiger charge is -2.14. The standard InChI is InChI=1S/C24H22N2O3S/c1-17-8-13-22-21(14-17)24(26-15-18-9-11-19(29-2)12-10-18)23(16-25-22)30(27,28)20-6-4-3-5-7-20/h3-14,16H,15H2,1-2H3,(H,25,26)/p+1. The summed E-state index contributed by atoms with van der Waals surface area (Å²) >= 11 is 0. The number of aromatic nitrogens is 1. The van der Waals surface area contributed by atoms with E-state index in [9.17, 15) is 8.42 Å². The summed E-state index contributed by atoms with van der Waals surface area (Å²) in [6.45, 7) is 2.47. The number of aryl methyl sites for hydroxylation is 1.